The van der Waals surface area contributed by atoms with Gasteiger partial charge in [0.2, 0.25) is 17.8 Å². The molecule has 1 saturated heterocycles. The van der Waals surface area contributed by atoms with E-state index >= 15 is 0 Å². The molecule has 1 aliphatic rings. The normalized spacial score (nSPS) is 17.1. The first-order valence-electron chi connectivity index (χ1n) is 8.14. The van der Waals surface area contributed by atoms with Gasteiger partial charge in [0.1, 0.15) is 0 Å². The number of nitrogens with zero attached hydrogens (tertiary/aromatic N) is 3. The molecule has 6 heteroatoms. The molecule has 2 heterocycles. The Bertz CT molecular complexity index is 716. The number of rotatable bonds is 5. The molecule has 1 aromatic heterocycles. The summed E-state index contributed by atoms with van der Waals surface area (Å²) >= 11 is 0. The minimum Gasteiger partial charge on any atom is -0.312 e. The van der Waals surface area contributed by atoms with E-state index < -0.39 is 5.92 Å². The number of carbonyl (C=O) groups excluding carboxylic acids is 2. The molecule has 3 rings (SSSR count). The van der Waals surface area contributed by atoms with E-state index in [1.54, 1.807) is 23.4 Å². The van der Waals surface area contributed by atoms with E-state index in [9.17, 15) is 9.59 Å². The molecule has 0 radical (unpaired) electrons. The van der Waals surface area contributed by atoms with Gasteiger partial charge in [-0.15, -0.1) is 0 Å². The van der Waals surface area contributed by atoms with Gasteiger partial charge in [0.15, 0.2) is 0 Å². The van der Waals surface area contributed by atoms with Gasteiger partial charge in [0, 0.05) is 31.0 Å². The second-order valence-electron chi connectivity index (χ2n) is 5.88. The second kappa shape index (κ2) is 7.21. The van der Waals surface area contributed by atoms with Gasteiger partial charge >= 0.3 is 0 Å². The van der Waals surface area contributed by atoms with Gasteiger partial charge in [-0.1, -0.05) is 25.5 Å². The number of aryl methyl sites for hydroxylation is 1. The summed E-state index contributed by atoms with van der Waals surface area (Å²) in [5, 5.41) is 2.66. The van der Waals surface area contributed by atoms with Crippen molar-refractivity contribution in [3.8, 4) is 0 Å². The Morgan fingerprint density at radius 1 is 1.25 bits per heavy atom. The Balaban J connectivity index is 1.65. The van der Waals surface area contributed by atoms with Crippen LogP contribution in [0.15, 0.2) is 42.7 Å². The Kier molecular flexibility index (Phi) is 4.84. The fourth-order valence-electron chi connectivity index (χ4n) is 2.84. The van der Waals surface area contributed by atoms with Crippen molar-refractivity contribution in [2.24, 2.45) is 5.92 Å². The van der Waals surface area contributed by atoms with Crippen LogP contribution >= 0.6 is 0 Å². The van der Waals surface area contributed by atoms with E-state index in [4.69, 9.17) is 0 Å². The highest BCUT2D eigenvalue weighted by Gasteiger charge is 2.35. The van der Waals surface area contributed by atoms with Gasteiger partial charge in [-0.05, 0) is 30.2 Å². The highest BCUT2D eigenvalue weighted by molar-refractivity contribution is 6.03. The van der Waals surface area contributed by atoms with E-state index in [1.165, 1.54) is 5.56 Å². The molecular weight excluding hydrogens is 304 g/mol. The molecule has 1 aromatic carbocycles. The van der Waals surface area contributed by atoms with Crippen molar-refractivity contribution in [2.45, 2.75) is 26.2 Å². The first-order chi connectivity index (χ1) is 11.7. The lowest BCUT2D eigenvalue weighted by molar-refractivity contribution is -0.122. The first-order valence-corrected chi connectivity index (χ1v) is 8.14. The summed E-state index contributed by atoms with van der Waals surface area (Å²) in [6, 6.07) is 9.65. The Labute approximate surface area is 140 Å². The highest BCUT2D eigenvalue weighted by atomic mass is 16.2. The van der Waals surface area contributed by atoms with Crippen molar-refractivity contribution in [1.82, 2.24) is 9.97 Å². The third-order valence-electron chi connectivity index (χ3n) is 4.08. The summed E-state index contributed by atoms with van der Waals surface area (Å²) in [5.74, 6) is -0.388. The maximum atomic E-state index is 12.3. The predicted octanol–water partition coefficient (Wildman–Crippen LogP) is 2.42. The van der Waals surface area contributed by atoms with Gasteiger partial charge in [-0.2, -0.15) is 0 Å². The van der Waals surface area contributed by atoms with Gasteiger partial charge < -0.3 is 4.90 Å². The standard InChI is InChI=1S/C18H20N4O2/c1-2-4-13-5-7-15(8-6-13)22-12-14(11-16(22)23)17(24)21-18-19-9-3-10-20-18/h3,5-10,14H,2,4,11-12H2,1H3,(H,19,20,21,24)/t14-/m0/s1. The molecule has 1 fully saturated rings. The van der Waals surface area contributed by atoms with Crippen LogP contribution in [0.5, 0.6) is 0 Å². The molecular formula is C18H20N4O2. The summed E-state index contributed by atoms with van der Waals surface area (Å²) in [6.07, 6.45) is 5.44. The number of amides is 2. The third kappa shape index (κ3) is 3.59. The monoisotopic (exact) mass is 324 g/mol. The summed E-state index contributed by atoms with van der Waals surface area (Å²) in [5.41, 5.74) is 2.09. The van der Waals surface area contributed by atoms with Crippen LogP contribution in [0.4, 0.5) is 11.6 Å². The number of aromatic nitrogens is 2. The van der Waals surface area contributed by atoms with Crippen LogP contribution in [0.3, 0.4) is 0 Å². The van der Waals surface area contributed by atoms with Gasteiger partial charge in [-0.25, -0.2) is 9.97 Å². The number of anilines is 2. The molecule has 0 aliphatic carbocycles. The largest absolute Gasteiger partial charge is 0.312 e. The third-order valence-corrected chi connectivity index (χ3v) is 4.08. The van der Waals surface area contributed by atoms with Crippen molar-refractivity contribution in [3.63, 3.8) is 0 Å². The van der Waals surface area contributed by atoms with E-state index in [2.05, 4.69) is 22.2 Å². The molecule has 124 valence electrons. The molecule has 2 aromatic rings. The maximum absolute atomic E-state index is 12.3. The van der Waals surface area contributed by atoms with Crippen molar-refractivity contribution in [3.05, 3.63) is 48.3 Å². The van der Waals surface area contributed by atoms with Crippen LogP contribution in [0.2, 0.25) is 0 Å². The molecule has 0 spiro atoms. The number of nitrogens with one attached hydrogen (secondary N) is 1. The molecule has 0 unspecified atom stereocenters. The zero-order valence-electron chi connectivity index (χ0n) is 13.6. The zero-order valence-corrected chi connectivity index (χ0v) is 13.6. The summed E-state index contributed by atoms with van der Waals surface area (Å²) in [6.45, 7) is 2.52. The van der Waals surface area contributed by atoms with Gasteiger partial charge in [0.25, 0.3) is 0 Å². The van der Waals surface area contributed by atoms with E-state index in [1.807, 2.05) is 24.3 Å². The van der Waals surface area contributed by atoms with Crippen LogP contribution in [0, 0.1) is 5.92 Å². The van der Waals surface area contributed by atoms with Crippen molar-refractivity contribution in [1.29, 1.82) is 0 Å². The molecule has 0 bridgehead atoms. The average molecular weight is 324 g/mol. The van der Waals surface area contributed by atoms with Crippen LogP contribution in [-0.2, 0) is 16.0 Å². The lowest BCUT2D eigenvalue weighted by Gasteiger charge is -2.17. The van der Waals surface area contributed by atoms with E-state index in [-0.39, 0.29) is 24.2 Å². The lowest BCUT2D eigenvalue weighted by atomic mass is 10.1. The second-order valence-corrected chi connectivity index (χ2v) is 5.88. The Morgan fingerprint density at radius 3 is 2.62 bits per heavy atom. The number of benzene rings is 1. The highest BCUT2D eigenvalue weighted by Crippen LogP contribution is 2.26. The first kappa shape index (κ1) is 16.1. The predicted molar refractivity (Wildman–Crippen MR) is 91.6 cm³/mol. The van der Waals surface area contributed by atoms with E-state index in [0.29, 0.717) is 6.54 Å². The minimum atomic E-state index is -0.392. The topological polar surface area (TPSA) is 75.2 Å². The Morgan fingerprint density at radius 2 is 1.96 bits per heavy atom. The van der Waals surface area contributed by atoms with Crippen LogP contribution < -0.4 is 10.2 Å². The van der Waals surface area contributed by atoms with Crippen molar-refractivity contribution >= 4 is 23.5 Å². The molecule has 24 heavy (non-hydrogen) atoms. The molecule has 1 aliphatic heterocycles. The zero-order chi connectivity index (χ0) is 16.9. The van der Waals surface area contributed by atoms with Crippen LogP contribution in [-0.4, -0.2) is 28.3 Å². The van der Waals surface area contributed by atoms with Crippen molar-refractivity contribution in [2.75, 3.05) is 16.8 Å². The summed E-state index contributed by atoms with van der Waals surface area (Å²) in [7, 11) is 0. The molecule has 6 nitrogen and oxygen atoms in total. The fraction of sp³-hybridized carbons (Fsp3) is 0.333. The number of carbonyl (C=O) groups is 2. The number of hydrogen-bond acceptors (Lipinski definition) is 4. The molecule has 1 N–H and O–H groups in total. The lowest BCUT2D eigenvalue weighted by Crippen LogP contribution is -2.28. The van der Waals surface area contributed by atoms with Gasteiger partial charge in [-0.3, -0.25) is 14.9 Å². The van der Waals surface area contributed by atoms with Crippen molar-refractivity contribution < 1.29 is 9.59 Å². The fourth-order valence-corrected chi connectivity index (χ4v) is 2.84. The summed E-state index contributed by atoms with van der Waals surface area (Å²) < 4.78 is 0. The average Bonchev–Trinajstić information content (AvgIpc) is 2.99. The summed E-state index contributed by atoms with van der Waals surface area (Å²) in [4.78, 5) is 34.2. The van der Waals surface area contributed by atoms with Crippen LogP contribution in [0.25, 0.3) is 0 Å². The number of hydrogen-bond donors (Lipinski definition) is 1. The SMILES string of the molecule is CCCc1ccc(N2C[C@@H](C(=O)Nc3ncccn3)CC2=O)cc1. The minimum absolute atomic E-state index is 0.0348. The molecule has 1 atom stereocenters. The smallest absolute Gasteiger partial charge is 0.232 e. The van der Waals surface area contributed by atoms with Gasteiger partial charge in [0.05, 0.1) is 5.92 Å². The quantitative estimate of drug-likeness (QED) is 0.916. The maximum Gasteiger partial charge on any atom is 0.232 e. The molecule has 2 amide bonds. The Hall–Kier alpha value is -2.76. The van der Waals surface area contributed by atoms with E-state index in [0.717, 1.165) is 18.5 Å². The molecule has 0 saturated carbocycles. The van der Waals surface area contributed by atoms with Crippen LogP contribution in [0.1, 0.15) is 25.3 Å².